The Labute approximate surface area is 89.8 Å². The van der Waals surface area contributed by atoms with Crippen molar-refractivity contribution >= 4 is 11.4 Å². The van der Waals surface area contributed by atoms with Crippen LogP contribution in [0.3, 0.4) is 0 Å². The lowest BCUT2D eigenvalue weighted by molar-refractivity contribution is -0.115. The first-order valence-corrected chi connectivity index (χ1v) is 5.65. The number of fused-ring (bicyclic) bond motifs is 3. The third-order valence-electron chi connectivity index (χ3n) is 3.63. The molecule has 0 radical (unpaired) electrons. The smallest absolute Gasteiger partial charge is 0.159 e. The van der Waals surface area contributed by atoms with Crippen LogP contribution in [-0.2, 0) is 11.2 Å². The van der Waals surface area contributed by atoms with Crippen molar-refractivity contribution in [1.82, 2.24) is 0 Å². The summed E-state index contributed by atoms with van der Waals surface area (Å²) in [6, 6.07) is 8.52. The fourth-order valence-corrected chi connectivity index (χ4v) is 3.02. The molecular formula is C14H14O. The molecule has 1 unspecified atom stereocenters. The van der Waals surface area contributed by atoms with Crippen LogP contribution in [0.1, 0.15) is 30.9 Å². The van der Waals surface area contributed by atoms with Crippen LogP contribution in [0.5, 0.6) is 0 Å². The zero-order valence-corrected chi connectivity index (χ0v) is 8.92. The quantitative estimate of drug-likeness (QED) is 0.678. The minimum atomic E-state index is 0.381. The summed E-state index contributed by atoms with van der Waals surface area (Å²) in [5, 5.41) is 0. The molecule has 0 aromatic heterocycles. The Morgan fingerprint density at radius 3 is 2.87 bits per heavy atom. The lowest BCUT2D eigenvalue weighted by atomic mass is 10.0. The molecule has 0 N–H and O–H groups in total. The molecule has 0 bridgehead atoms. The zero-order chi connectivity index (χ0) is 10.4. The first-order chi connectivity index (χ1) is 7.31. The van der Waals surface area contributed by atoms with Crippen LogP contribution in [0.2, 0.25) is 0 Å². The van der Waals surface area contributed by atoms with Crippen molar-refractivity contribution in [2.75, 3.05) is 0 Å². The molecule has 1 aromatic carbocycles. The summed E-state index contributed by atoms with van der Waals surface area (Å²) < 4.78 is 0. The van der Waals surface area contributed by atoms with Crippen LogP contribution in [0, 0.1) is 5.92 Å². The SMILES string of the molecule is CCC1=C2c3ccccc3CC2CC1=O. The number of carbonyl (C=O) groups is 1. The van der Waals surface area contributed by atoms with Gasteiger partial charge < -0.3 is 0 Å². The van der Waals surface area contributed by atoms with Gasteiger partial charge in [-0.25, -0.2) is 0 Å². The van der Waals surface area contributed by atoms with Crippen LogP contribution in [0.15, 0.2) is 29.8 Å². The molecular weight excluding hydrogens is 184 g/mol. The number of carbonyl (C=O) groups excluding carboxylic acids is 1. The Bertz CT molecular complexity index is 468. The van der Waals surface area contributed by atoms with Crippen molar-refractivity contribution in [2.45, 2.75) is 26.2 Å². The van der Waals surface area contributed by atoms with Crippen molar-refractivity contribution in [1.29, 1.82) is 0 Å². The first-order valence-electron chi connectivity index (χ1n) is 5.65. The van der Waals surface area contributed by atoms with Crippen LogP contribution in [0.25, 0.3) is 5.57 Å². The summed E-state index contributed by atoms with van der Waals surface area (Å²) in [5.74, 6) is 0.872. The number of allylic oxidation sites excluding steroid dienone is 2. The van der Waals surface area contributed by atoms with Gasteiger partial charge in [-0.3, -0.25) is 4.79 Å². The highest BCUT2D eigenvalue weighted by molar-refractivity contribution is 6.09. The molecule has 2 aliphatic rings. The zero-order valence-electron chi connectivity index (χ0n) is 8.92. The highest BCUT2D eigenvalue weighted by atomic mass is 16.1. The highest BCUT2D eigenvalue weighted by Crippen LogP contribution is 2.46. The van der Waals surface area contributed by atoms with Crippen molar-refractivity contribution in [3.05, 3.63) is 41.0 Å². The maximum absolute atomic E-state index is 11.8. The molecule has 1 atom stereocenters. The molecule has 0 spiro atoms. The van der Waals surface area contributed by atoms with E-state index in [2.05, 4.69) is 31.2 Å². The maximum Gasteiger partial charge on any atom is 0.159 e. The van der Waals surface area contributed by atoms with Gasteiger partial charge in [-0.15, -0.1) is 0 Å². The minimum absolute atomic E-state index is 0.381. The Hall–Kier alpha value is -1.37. The van der Waals surface area contributed by atoms with E-state index in [9.17, 15) is 4.79 Å². The molecule has 0 aliphatic heterocycles. The van der Waals surface area contributed by atoms with Crippen molar-refractivity contribution in [3.63, 3.8) is 0 Å². The lowest BCUT2D eigenvalue weighted by Crippen LogP contribution is -1.99. The van der Waals surface area contributed by atoms with E-state index in [0.29, 0.717) is 11.7 Å². The minimum Gasteiger partial charge on any atom is -0.295 e. The van der Waals surface area contributed by atoms with E-state index in [1.165, 1.54) is 16.7 Å². The van der Waals surface area contributed by atoms with Gasteiger partial charge in [0.1, 0.15) is 0 Å². The lowest BCUT2D eigenvalue weighted by Gasteiger charge is -2.03. The molecule has 3 rings (SSSR count). The average molecular weight is 198 g/mol. The second-order valence-corrected chi connectivity index (χ2v) is 4.43. The van der Waals surface area contributed by atoms with E-state index in [1.807, 2.05) is 0 Å². The Morgan fingerprint density at radius 1 is 1.27 bits per heavy atom. The van der Waals surface area contributed by atoms with E-state index >= 15 is 0 Å². The Balaban J connectivity index is 2.22. The van der Waals surface area contributed by atoms with Gasteiger partial charge >= 0.3 is 0 Å². The van der Waals surface area contributed by atoms with Gasteiger partial charge in [-0.2, -0.15) is 0 Å². The molecule has 1 heteroatoms. The molecule has 0 saturated heterocycles. The fraction of sp³-hybridized carbons (Fsp3) is 0.357. The summed E-state index contributed by atoms with van der Waals surface area (Å²) in [4.78, 5) is 11.8. The molecule has 2 aliphatic carbocycles. The number of benzene rings is 1. The van der Waals surface area contributed by atoms with Crippen molar-refractivity contribution < 1.29 is 4.79 Å². The molecule has 1 aromatic rings. The second kappa shape index (κ2) is 3.06. The van der Waals surface area contributed by atoms with Crippen LogP contribution in [0.4, 0.5) is 0 Å². The van der Waals surface area contributed by atoms with E-state index in [-0.39, 0.29) is 0 Å². The topological polar surface area (TPSA) is 17.1 Å². The van der Waals surface area contributed by atoms with E-state index < -0.39 is 0 Å². The maximum atomic E-state index is 11.8. The number of hydrogen-bond acceptors (Lipinski definition) is 1. The predicted octanol–water partition coefficient (Wildman–Crippen LogP) is 3.00. The second-order valence-electron chi connectivity index (χ2n) is 4.43. The van der Waals surface area contributed by atoms with Gasteiger partial charge in [-0.1, -0.05) is 31.2 Å². The molecule has 0 amide bonds. The van der Waals surface area contributed by atoms with Crippen LogP contribution >= 0.6 is 0 Å². The number of rotatable bonds is 1. The standard InChI is InChI=1S/C14H14O/c1-2-11-13(15)8-10-7-9-5-3-4-6-12(9)14(10)11/h3-6,10H,2,7-8H2,1H3. The Morgan fingerprint density at radius 2 is 2.07 bits per heavy atom. The molecule has 0 fully saturated rings. The van der Waals surface area contributed by atoms with Gasteiger partial charge in [0.25, 0.3) is 0 Å². The Kier molecular flexibility index (Phi) is 1.82. The highest BCUT2D eigenvalue weighted by Gasteiger charge is 2.37. The third kappa shape index (κ3) is 1.12. The van der Waals surface area contributed by atoms with Gasteiger partial charge in [0.2, 0.25) is 0 Å². The molecule has 0 heterocycles. The molecule has 1 nitrogen and oxygen atoms in total. The van der Waals surface area contributed by atoms with Gasteiger partial charge in [0.15, 0.2) is 5.78 Å². The molecule has 15 heavy (non-hydrogen) atoms. The van der Waals surface area contributed by atoms with Crippen molar-refractivity contribution in [3.8, 4) is 0 Å². The van der Waals surface area contributed by atoms with Gasteiger partial charge in [0.05, 0.1) is 0 Å². The summed E-state index contributed by atoms with van der Waals surface area (Å²) in [7, 11) is 0. The van der Waals surface area contributed by atoms with E-state index in [4.69, 9.17) is 0 Å². The summed E-state index contributed by atoms with van der Waals surface area (Å²) in [6.45, 7) is 2.09. The number of hydrogen-bond donors (Lipinski definition) is 0. The fourth-order valence-electron chi connectivity index (χ4n) is 3.02. The van der Waals surface area contributed by atoms with E-state index in [0.717, 1.165) is 24.8 Å². The monoisotopic (exact) mass is 198 g/mol. The first kappa shape index (κ1) is 8.90. The normalized spacial score (nSPS) is 23.3. The summed E-state index contributed by atoms with van der Waals surface area (Å²) in [6.07, 6.45) is 2.70. The van der Waals surface area contributed by atoms with Crippen LogP contribution in [-0.4, -0.2) is 5.78 Å². The molecule has 76 valence electrons. The third-order valence-corrected chi connectivity index (χ3v) is 3.63. The van der Waals surface area contributed by atoms with Gasteiger partial charge in [0, 0.05) is 6.42 Å². The average Bonchev–Trinajstić information content (AvgIpc) is 2.72. The predicted molar refractivity (Wildman–Crippen MR) is 60.5 cm³/mol. The number of ketones is 1. The van der Waals surface area contributed by atoms with Gasteiger partial charge in [-0.05, 0) is 41.0 Å². The summed E-state index contributed by atoms with van der Waals surface area (Å²) >= 11 is 0. The van der Waals surface area contributed by atoms with Crippen LogP contribution < -0.4 is 0 Å². The number of Topliss-reactive ketones (excluding diaryl/α,β-unsaturated/α-hetero) is 1. The van der Waals surface area contributed by atoms with Crippen molar-refractivity contribution in [2.24, 2.45) is 5.92 Å². The van der Waals surface area contributed by atoms with E-state index in [1.54, 1.807) is 0 Å². The summed E-state index contributed by atoms with van der Waals surface area (Å²) in [5.41, 5.74) is 5.21. The largest absolute Gasteiger partial charge is 0.295 e. The molecule has 0 saturated carbocycles.